The molecule has 1 aromatic heterocycles. The second-order valence-corrected chi connectivity index (χ2v) is 5.20. The Morgan fingerprint density at radius 2 is 2.35 bits per heavy atom. The molecule has 4 nitrogen and oxygen atoms in total. The first-order chi connectivity index (χ1) is 8.20. The van der Waals surface area contributed by atoms with Crippen LogP contribution in [0.15, 0.2) is 6.20 Å². The van der Waals surface area contributed by atoms with E-state index >= 15 is 0 Å². The summed E-state index contributed by atoms with van der Waals surface area (Å²) in [6.45, 7) is 6.43. The van der Waals surface area contributed by atoms with E-state index in [1.165, 1.54) is 43.6 Å². The summed E-state index contributed by atoms with van der Waals surface area (Å²) >= 11 is 0. The molecule has 1 aromatic rings. The lowest BCUT2D eigenvalue weighted by Gasteiger charge is -2.32. The molecule has 1 aliphatic heterocycles. The number of nitrogens with zero attached hydrogens (tertiary/aromatic N) is 3. The third-order valence-corrected chi connectivity index (χ3v) is 3.91. The van der Waals surface area contributed by atoms with Gasteiger partial charge in [0.05, 0.1) is 6.20 Å². The highest BCUT2D eigenvalue weighted by Crippen LogP contribution is 2.21. The Morgan fingerprint density at radius 3 is 3.00 bits per heavy atom. The van der Waals surface area contributed by atoms with E-state index < -0.39 is 0 Å². The van der Waals surface area contributed by atoms with Crippen molar-refractivity contribution < 1.29 is 0 Å². The largest absolute Gasteiger partial charge is 0.330 e. The average Bonchev–Trinajstić information content (AvgIpc) is 2.62. The first kappa shape index (κ1) is 12.6. The van der Waals surface area contributed by atoms with Crippen LogP contribution in [0.4, 0.5) is 0 Å². The Bertz CT molecular complexity index is 356. The molecule has 0 amide bonds. The molecule has 1 fully saturated rings. The molecular weight excluding hydrogens is 212 g/mol. The molecule has 0 radical (unpaired) electrons. The lowest BCUT2D eigenvalue weighted by Crippen LogP contribution is -2.35. The first-order valence-corrected chi connectivity index (χ1v) is 6.60. The standard InChI is InChI=1S/C13H24N4/c1-11-13(8-15-16(11)2)10-17-7-3-4-12(9-17)5-6-14/h8,12H,3-7,9-10,14H2,1-2H3. The Labute approximate surface area is 104 Å². The quantitative estimate of drug-likeness (QED) is 0.857. The van der Waals surface area contributed by atoms with Crippen LogP contribution in [0.5, 0.6) is 0 Å². The Kier molecular flexibility index (Phi) is 4.18. The summed E-state index contributed by atoms with van der Waals surface area (Å²) in [4.78, 5) is 2.55. The molecule has 96 valence electrons. The van der Waals surface area contributed by atoms with Gasteiger partial charge in [-0.25, -0.2) is 0 Å². The number of nitrogens with two attached hydrogens (primary N) is 1. The van der Waals surface area contributed by atoms with Gasteiger partial charge in [0.2, 0.25) is 0 Å². The molecule has 0 saturated carbocycles. The fourth-order valence-electron chi connectivity index (χ4n) is 2.71. The van der Waals surface area contributed by atoms with Crippen LogP contribution in [0.2, 0.25) is 0 Å². The predicted molar refractivity (Wildman–Crippen MR) is 69.6 cm³/mol. The summed E-state index contributed by atoms with van der Waals surface area (Å²) in [5.41, 5.74) is 8.30. The van der Waals surface area contributed by atoms with Crippen molar-refractivity contribution in [3.8, 4) is 0 Å². The van der Waals surface area contributed by atoms with Gasteiger partial charge in [-0.3, -0.25) is 9.58 Å². The molecule has 0 aliphatic carbocycles. The summed E-state index contributed by atoms with van der Waals surface area (Å²) in [7, 11) is 2.01. The van der Waals surface area contributed by atoms with Gasteiger partial charge in [0.15, 0.2) is 0 Å². The van der Waals surface area contributed by atoms with Gasteiger partial charge in [-0.1, -0.05) is 0 Å². The van der Waals surface area contributed by atoms with Gasteiger partial charge in [0.25, 0.3) is 0 Å². The predicted octanol–water partition coefficient (Wildman–Crippen LogP) is 1.29. The summed E-state index contributed by atoms with van der Waals surface area (Å²) < 4.78 is 1.96. The molecule has 2 rings (SSSR count). The zero-order valence-corrected chi connectivity index (χ0v) is 11.0. The van der Waals surface area contributed by atoms with Crippen molar-refractivity contribution in [2.24, 2.45) is 18.7 Å². The number of likely N-dealkylation sites (tertiary alicyclic amines) is 1. The lowest BCUT2D eigenvalue weighted by molar-refractivity contribution is 0.163. The first-order valence-electron chi connectivity index (χ1n) is 6.60. The third kappa shape index (κ3) is 3.07. The van der Waals surface area contributed by atoms with E-state index in [0.29, 0.717) is 0 Å². The van der Waals surface area contributed by atoms with Crippen LogP contribution in [0, 0.1) is 12.8 Å². The number of aryl methyl sites for hydroxylation is 1. The number of piperidine rings is 1. The van der Waals surface area contributed by atoms with Crippen molar-refractivity contribution in [2.75, 3.05) is 19.6 Å². The van der Waals surface area contributed by atoms with Crippen molar-refractivity contribution in [2.45, 2.75) is 32.7 Å². The molecule has 0 spiro atoms. The van der Waals surface area contributed by atoms with Gasteiger partial charge in [0.1, 0.15) is 0 Å². The van der Waals surface area contributed by atoms with Gasteiger partial charge >= 0.3 is 0 Å². The van der Waals surface area contributed by atoms with Crippen molar-refractivity contribution >= 4 is 0 Å². The number of rotatable bonds is 4. The summed E-state index contributed by atoms with van der Waals surface area (Å²) in [6, 6.07) is 0. The van der Waals surface area contributed by atoms with E-state index in [4.69, 9.17) is 5.73 Å². The normalized spacial score (nSPS) is 21.9. The van der Waals surface area contributed by atoms with Crippen LogP contribution >= 0.6 is 0 Å². The summed E-state index contributed by atoms with van der Waals surface area (Å²) in [6.07, 6.45) is 5.83. The van der Waals surface area contributed by atoms with Crippen LogP contribution in [0.25, 0.3) is 0 Å². The maximum absolute atomic E-state index is 5.65. The molecule has 1 saturated heterocycles. The minimum atomic E-state index is 0.797. The third-order valence-electron chi connectivity index (χ3n) is 3.91. The van der Waals surface area contributed by atoms with Gasteiger partial charge in [-0.15, -0.1) is 0 Å². The highest BCUT2D eigenvalue weighted by atomic mass is 15.3. The maximum atomic E-state index is 5.65. The molecular formula is C13H24N4. The Hall–Kier alpha value is -0.870. The van der Waals surface area contributed by atoms with Crippen LogP contribution in [0.1, 0.15) is 30.5 Å². The van der Waals surface area contributed by atoms with Crippen molar-refractivity contribution in [1.82, 2.24) is 14.7 Å². The fraction of sp³-hybridized carbons (Fsp3) is 0.769. The lowest BCUT2D eigenvalue weighted by atomic mass is 9.94. The number of hydrogen-bond acceptors (Lipinski definition) is 3. The zero-order valence-electron chi connectivity index (χ0n) is 11.0. The molecule has 1 aliphatic rings. The monoisotopic (exact) mass is 236 g/mol. The molecule has 2 N–H and O–H groups in total. The smallest absolute Gasteiger partial charge is 0.0537 e. The van der Waals surface area contributed by atoms with Crippen LogP contribution in [-0.4, -0.2) is 34.3 Å². The number of aromatic nitrogens is 2. The maximum Gasteiger partial charge on any atom is 0.0537 e. The Morgan fingerprint density at radius 1 is 1.53 bits per heavy atom. The molecule has 1 unspecified atom stereocenters. The SMILES string of the molecule is Cc1c(CN2CCCC(CCN)C2)cnn1C. The molecule has 0 bridgehead atoms. The summed E-state index contributed by atoms with van der Waals surface area (Å²) in [5, 5.41) is 4.31. The van der Waals surface area contributed by atoms with E-state index in [-0.39, 0.29) is 0 Å². The van der Waals surface area contributed by atoms with Gasteiger partial charge in [0, 0.05) is 31.4 Å². The van der Waals surface area contributed by atoms with E-state index in [2.05, 4.69) is 16.9 Å². The molecule has 17 heavy (non-hydrogen) atoms. The van der Waals surface area contributed by atoms with Crippen molar-refractivity contribution in [3.05, 3.63) is 17.5 Å². The van der Waals surface area contributed by atoms with Crippen molar-refractivity contribution in [3.63, 3.8) is 0 Å². The van der Waals surface area contributed by atoms with Gasteiger partial charge in [-0.05, 0) is 45.2 Å². The average molecular weight is 236 g/mol. The number of hydrogen-bond donors (Lipinski definition) is 1. The van der Waals surface area contributed by atoms with Gasteiger partial charge < -0.3 is 5.73 Å². The topological polar surface area (TPSA) is 47.1 Å². The van der Waals surface area contributed by atoms with Crippen LogP contribution < -0.4 is 5.73 Å². The minimum absolute atomic E-state index is 0.797. The second kappa shape index (κ2) is 5.65. The highest BCUT2D eigenvalue weighted by Gasteiger charge is 2.20. The molecule has 2 heterocycles. The molecule has 0 aromatic carbocycles. The van der Waals surface area contributed by atoms with E-state index in [0.717, 1.165) is 19.0 Å². The minimum Gasteiger partial charge on any atom is -0.330 e. The fourth-order valence-corrected chi connectivity index (χ4v) is 2.71. The van der Waals surface area contributed by atoms with E-state index in [9.17, 15) is 0 Å². The molecule has 1 atom stereocenters. The van der Waals surface area contributed by atoms with E-state index in [1.807, 2.05) is 17.9 Å². The van der Waals surface area contributed by atoms with Crippen LogP contribution in [0.3, 0.4) is 0 Å². The highest BCUT2D eigenvalue weighted by molar-refractivity contribution is 5.15. The molecule has 4 heteroatoms. The zero-order chi connectivity index (χ0) is 12.3. The summed E-state index contributed by atoms with van der Waals surface area (Å²) in [5.74, 6) is 0.797. The van der Waals surface area contributed by atoms with Crippen molar-refractivity contribution in [1.29, 1.82) is 0 Å². The van der Waals surface area contributed by atoms with Gasteiger partial charge in [-0.2, -0.15) is 5.10 Å². The second-order valence-electron chi connectivity index (χ2n) is 5.20. The Balaban J connectivity index is 1.92. The van der Waals surface area contributed by atoms with E-state index in [1.54, 1.807) is 0 Å². The van der Waals surface area contributed by atoms with Crippen LogP contribution in [-0.2, 0) is 13.6 Å².